The molecule has 1 fully saturated rings. The van der Waals surface area contributed by atoms with Crippen LogP contribution in [0.4, 0.5) is 10.3 Å². The summed E-state index contributed by atoms with van der Waals surface area (Å²) in [4.78, 5) is 12.5. The minimum atomic E-state index is -0.907. The molecule has 3 heterocycles. The van der Waals surface area contributed by atoms with Gasteiger partial charge in [-0.1, -0.05) is 12.2 Å². The second-order valence-electron chi connectivity index (χ2n) is 8.36. The summed E-state index contributed by atoms with van der Waals surface area (Å²) in [6, 6.07) is 0.889. The number of alkyl halides is 1. The predicted octanol–water partition coefficient (Wildman–Crippen LogP) is 4.00. The molecule has 27 heavy (non-hydrogen) atoms. The average Bonchev–Trinajstić information content (AvgIpc) is 2.89. The van der Waals surface area contributed by atoms with Crippen LogP contribution in [0.5, 0.6) is 0 Å². The standard InChI is InChI=1S/C22H31FN4/c1-14-7-8-17(13-19(14)23)21-18-9-11-24-12-10-20(18)25-22(26-21)27-15(2)5-4-6-16(27)3/h7-8,15-16,19,24H,4-6,9-13H2,1-3H3/t15-,16+,19?. The highest BCUT2D eigenvalue weighted by Crippen LogP contribution is 2.34. The van der Waals surface area contributed by atoms with Crippen LogP contribution in [0.25, 0.3) is 5.57 Å². The molecule has 4 rings (SSSR count). The number of rotatable bonds is 2. The Hall–Kier alpha value is -1.75. The number of nitrogens with zero attached hydrogens (tertiary/aromatic N) is 3. The second-order valence-corrected chi connectivity index (χ2v) is 8.36. The summed E-state index contributed by atoms with van der Waals surface area (Å²) >= 11 is 0. The van der Waals surface area contributed by atoms with Gasteiger partial charge in [0.2, 0.25) is 5.95 Å². The van der Waals surface area contributed by atoms with E-state index >= 15 is 0 Å². The van der Waals surface area contributed by atoms with E-state index in [1.807, 2.05) is 13.0 Å². The number of anilines is 1. The largest absolute Gasteiger partial charge is 0.335 e. The van der Waals surface area contributed by atoms with Gasteiger partial charge in [0.15, 0.2) is 0 Å². The van der Waals surface area contributed by atoms with Crippen LogP contribution in [0.3, 0.4) is 0 Å². The van der Waals surface area contributed by atoms with Gasteiger partial charge in [-0.3, -0.25) is 0 Å². The lowest BCUT2D eigenvalue weighted by atomic mass is 9.91. The Kier molecular flexibility index (Phi) is 5.31. The van der Waals surface area contributed by atoms with Gasteiger partial charge in [-0.25, -0.2) is 14.4 Å². The molecule has 1 N–H and O–H groups in total. The molecule has 1 aromatic heterocycles. The van der Waals surface area contributed by atoms with Gasteiger partial charge >= 0.3 is 0 Å². The van der Waals surface area contributed by atoms with Crippen LogP contribution in [0.2, 0.25) is 0 Å². The van der Waals surface area contributed by atoms with Crippen molar-refractivity contribution in [2.75, 3.05) is 18.0 Å². The van der Waals surface area contributed by atoms with Crippen molar-refractivity contribution >= 4 is 11.5 Å². The van der Waals surface area contributed by atoms with Crippen LogP contribution in [-0.4, -0.2) is 41.3 Å². The monoisotopic (exact) mass is 370 g/mol. The lowest BCUT2D eigenvalue weighted by molar-refractivity contribution is 0.386. The molecule has 2 aliphatic heterocycles. The summed E-state index contributed by atoms with van der Waals surface area (Å²) in [5.74, 6) is 0.841. The van der Waals surface area contributed by atoms with Gasteiger partial charge in [0.1, 0.15) is 6.17 Å². The number of halogens is 1. The number of hydrogen-bond acceptors (Lipinski definition) is 4. The van der Waals surface area contributed by atoms with Gasteiger partial charge < -0.3 is 10.2 Å². The molecular formula is C22H31FN4. The molecule has 3 atom stereocenters. The van der Waals surface area contributed by atoms with Crippen LogP contribution in [0.15, 0.2) is 17.7 Å². The second kappa shape index (κ2) is 7.70. The molecule has 4 nitrogen and oxygen atoms in total. The third kappa shape index (κ3) is 3.66. The van der Waals surface area contributed by atoms with E-state index in [9.17, 15) is 4.39 Å². The van der Waals surface area contributed by atoms with Gasteiger partial charge in [0, 0.05) is 37.0 Å². The van der Waals surface area contributed by atoms with Gasteiger partial charge in [-0.05, 0) is 64.1 Å². The average molecular weight is 371 g/mol. The Morgan fingerprint density at radius 1 is 1.07 bits per heavy atom. The highest BCUT2D eigenvalue weighted by molar-refractivity contribution is 5.71. The van der Waals surface area contributed by atoms with Gasteiger partial charge in [-0.15, -0.1) is 0 Å². The normalized spacial score (nSPS) is 28.9. The molecular weight excluding hydrogens is 339 g/mol. The molecule has 1 aromatic rings. The molecule has 0 amide bonds. The van der Waals surface area contributed by atoms with Crippen molar-refractivity contribution < 1.29 is 4.39 Å². The number of fused-ring (bicyclic) bond motifs is 1. The smallest absolute Gasteiger partial charge is 0.226 e. The summed E-state index contributed by atoms with van der Waals surface area (Å²) in [7, 11) is 0. The molecule has 146 valence electrons. The van der Waals surface area contributed by atoms with Crippen LogP contribution in [0, 0.1) is 0 Å². The van der Waals surface area contributed by atoms with E-state index in [0.717, 1.165) is 54.4 Å². The summed E-state index contributed by atoms with van der Waals surface area (Å²) in [6.07, 6.45) is 8.94. The molecule has 1 aliphatic carbocycles. The summed E-state index contributed by atoms with van der Waals surface area (Å²) in [5.41, 5.74) is 5.17. The number of nitrogens with one attached hydrogen (secondary N) is 1. The van der Waals surface area contributed by atoms with E-state index in [-0.39, 0.29) is 0 Å². The Bertz CT molecular complexity index is 760. The van der Waals surface area contributed by atoms with Crippen molar-refractivity contribution in [1.29, 1.82) is 0 Å². The molecule has 0 bridgehead atoms. The van der Waals surface area contributed by atoms with Gasteiger partial charge in [-0.2, -0.15) is 0 Å². The maximum absolute atomic E-state index is 14.4. The van der Waals surface area contributed by atoms with Crippen molar-refractivity contribution in [3.8, 4) is 0 Å². The highest BCUT2D eigenvalue weighted by Gasteiger charge is 2.30. The SMILES string of the molecule is CC1=CC=C(c2nc(N3[C@H](C)CCC[C@@H]3C)nc3c2CCNCC3)CC1F. The van der Waals surface area contributed by atoms with E-state index in [1.165, 1.54) is 24.8 Å². The first-order chi connectivity index (χ1) is 13.0. The minimum absolute atomic E-state index is 0.420. The lowest BCUT2D eigenvalue weighted by Crippen LogP contribution is -2.45. The predicted molar refractivity (Wildman–Crippen MR) is 109 cm³/mol. The van der Waals surface area contributed by atoms with Crippen molar-refractivity contribution in [3.63, 3.8) is 0 Å². The molecule has 0 spiro atoms. The number of allylic oxidation sites excluding steroid dienone is 4. The maximum Gasteiger partial charge on any atom is 0.226 e. The Balaban J connectivity index is 1.82. The van der Waals surface area contributed by atoms with Crippen LogP contribution < -0.4 is 10.2 Å². The first-order valence-corrected chi connectivity index (χ1v) is 10.4. The van der Waals surface area contributed by atoms with Crippen molar-refractivity contribution in [3.05, 3.63) is 34.7 Å². The summed E-state index contributed by atoms with van der Waals surface area (Å²) in [5, 5.41) is 3.47. The van der Waals surface area contributed by atoms with Gasteiger partial charge in [0.05, 0.1) is 11.4 Å². The summed E-state index contributed by atoms with van der Waals surface area (Å²) < 4.78 is 14.4. The Morgan fingerprint density at radius 3 is 2.56 bits per heavy atom. The lowest BCUT2D eigenvalue weighted by Gasteiger charge is -2.39. The maximum atomic E-state index is 14.4. The third-order valence-electron chi connectivity index (χ3n) is 6.34. The van der Waals surface area contributed by atoms with Crippen molar-refractivity contribution in [1.82, 2.24) is 15.3 Å². The van der Waals surface area contributed by atoms with Crippen LogP contribution in [0.1, 0.15) is 63.4 Å². The van der Waals surface area contributed by atoms with Crippen molar-refractivity contribution in [2.45, 2.75) is 77.6 Å². The minimum Gasteiger partial charge on any atom is -0.335 e. The molecule has 1 unspecified atom stereocenters. The highest BCUT2D eigenvalue weighted by atomic mass is 19.1. The molecule has 1 saturated heterocycles. The third-order valence-corrected chi connectivity index (χ3v) is 6.34. The summed E-state index contributed by atoms with van der Waals surface area (Å²) in [6.45, 7) is 8.29. The quantitative estimate of drug-likeness (QED) is 0.854. The van der Waals surface area contributed by atoms with E-state index in [1.54, 1.807) is 0 Å². The fraction of sp³-hybridized carbons (Fsp3) is 0.636. The van der Waals surface area contributed by atoms with Gasteiger partial charge in [0.25, 0.3) is 0 Å². The zero-order valence-corrected chi connectivity index (χ0v) is 16.8. The fourth-order valence-corrected chi connectivity index (χ4v) is 4.66. The molecule has 0 saturated carbocycles. The number of piperidine rings is 1. The molecule has 0 aromatic carbocycles. The fourth-order valence-electron chi connectivity index (χ4n) is 4.66. The zero-order chi connectivity index (χ0) is 19.0. The first kappa shape index (κ1) is 18.6. The first-order valence-electron chi connectivity index (χ1n) is 10.4. The van der Waals surface area contributed by atoms with Crippen molar-refractivity contribution in [2.24, 2.45) is 0 Å². The van der Waals surface area contributed by atoms with E-state index in [4.69, 9.17) is 9.97 Å². The van der Waals surface area contributed by atoms with E-state index < -0.39 is 6.17 Å². The topological polar surface area (TPSA) is 41.1 Å². The molecule has 5 heteroatoms. The number of hydrogen-bond donors (Lipinski definition) is 1. The number of aromatic nitrogens is 2. The van der Waals surface area contributed by atoms with E-state index in [2.05, 4.69) is 30.1 Å². The molecule has 0 radical (unpaired) electrons. The molecule has 3 aliphatic rings. The Labute approximate surface area is 162 Å². The van der Waals surface area contributed by atoms with Crippen LogP contribution >= 0.6 is 0 Å². The zero-order valence-electron chi connectivity index (χ0n) is 16.8. The van der Waals surface area contributed by atoms with E-state index in [0.29, 0.717) is 18.5 Å². The Morgan fingerprint density at radius 2 is 1.81 bits per heavy atom. The van der Waals surface area contributed by atoms with Crippen LogP contribution in [-0.2, 0) is 12.8 Å².